The largest absolute Gasteiger partial charge is 0.389 e. The summed E-state index contributed by atoms with van der Waals surface area (Å²) in [5.41, 5.74) is 0. The molecule has 0 aliphatic rings. The maximum atomic E-state index is 11.2. The zero-order valence-corrected chi connectivity index (χ0v) is 4.82. The minimum atomic E-state index is -3.95. The van der Waals surface area contributed by atoms with Crippen LogP contribution < -0.4 is 0 Å². The molecule has 0 amide bonds. The lowest BCUT2D eigenvalue weighted by atomic mass is 11.2. The molecule has 0 fully saturated rings. The highest BCUT2D eigenvalue weighted by Crippen LogP contribution is 1.91. The zero-order valence-electron chi connectivity index (χ0n) is 4.00. The van der Waals surface area contributed by atoms with Gasteiger partial charge in [-0.05, 0) is 0 Å². The van der Waals surface area contributed by atoms with Crippen molar-refractivity contribution in [1.82, 2.24) is 0 Å². The van der Waals surface area contributed by atoms with E-state index >= 15 is 0 Å². The second-order valence-corrected chi connectivity index (χ2v) is 2.46. The standard InChI is InChI=1S/C3H5FO3S/c1-2-7-8(5,6)3-4/h2H,1,3H2. The Kier molecular flexibility index (Phi) is 2.47. The van der Waals surface area contributed by atoms with Gasteiger partial charge in [-0.3, -0.25) is 0 Å². The fraction of sp³-hybridized carbons (Fsp3) is 0.333. The SMILES string of the molecule is C=COS(=O)(=O)CF. The van der Waals surface area contributed by atoms with Crippen molar-refractivity contribution in [3.63, 3.8) is 0 Å². The minimum Gasteiger partial charge on any atom is -0.389 e. The van der Waals surface area contributed by atoms with Gasteiger partial charge in [0.2, 0.25) is 6.01 Å². The van der Waals surface area contributed by atoms with E-state index in [-0.39, 0.29) is 0 Å². The van der Waals surface area contributed by atoms with Gasteiger partial charge in [0.25, 0.3) is 0 Å². The highest BCUT2D eigenvalue weighted by molar-refractivity contribution is 7.86. The third-order valence-corrected chi connectivity index (χ3v) is 1.04. The number of rotatable bonds is 3. The van der Waals surface area contributed by atoms with Gasteiger partial charge in [0.1, 0.15) is 0 Å². The fourth-order valence-electron chi connectivity index (χ4n) is 0.129. The molecule has 0 aromatic rings. The van der Waals surface area contributed by atoms with E-state index in [1.54, 1.807) is 0 Å². The van der Waals surface area contributed by atoms with Crippen LogP contribution in [0.2, 0.25) is 0 Å². The molecule has 0 aliphatic heterocycles. The summed E-state index contributed by atoms with van der Waals surface area (Å²) in [7, 11) is -3.95. The monoisotopic (exact) mass is 140 g/mol. The Morgan fingerprint density at radius 3 is 2.38 bits per heavy atom. The quantitative estimate of drug-likeness (QED) is 0.421. The first-order chi connectivity index (χ1) is 3.62. The highest BCUT2D eigenvalue weighted by Gasteiger charge is 2.05. The molecular formula is C3H5FO3S. The highest BCUT2D eigenvalue weighted by atomic mass is 32.2. The van der Waals surface area contributed by atoms with Gasteiger partial charge < -0.3 is 4.18 Å². The first-order valence-corrected chi connectivity index (χ1v) is 3.28. The van der Waals surface area contributed by atoms with Crippen LogP contribution >= 0.6 is 0 Å². The lowest BCUT2D eigenvalue weighted by Gasteiger charge is -1.92. The van der Waals surface area contributed by atoms with Crippen molar-refractivity contribution in [3.05, 3.63) is 12.8 Å². The summed E-state index contributed by atoms with van der Waals surface area (Å²) in [6.45, 7) is 2.93. The molecule has 5 heteroatoms. The van der Waals surface area contributed by atoms with Crippen molar-refractivity contribution >= 4 is 10.1 Å². The second-order valence-electron chi connectivity index (χ2n) is 0.930. The van der Waals surface area contributed by atoms with Gasteiger partial charge in [0.15, 0.2) is 0 Å². The summed E-state index contributed by atoms with van der Waals surface area (Å²) >= 11 is 0. The molecule has 0 saturated heterocycles. The summed E-state index contributed by atoms with van der Waals surface area (Å²) < 4.78 is 34.8. The Labute approximate surface area is 46.9 Å². The van der Waals surface area contributed by atoms with E-state index in [0.717, 1.165) is 0 Å². The smallest absolute Gasteiger partial charge is 0.338 e. The van der Waals surface area contributed by atoms with Crippen LogP contribution in [0.4, 0.5) is 4.39 Å². The molecule has 0 aliphatic carbocycles. The van der Waals surface area contributed by atoms with Crippen molar-refractivity contribution < 1.29 is 17.0 Å². The minimum absolute atomic E-state index is 0.662. The normalized spacial score (nSPS) is 10.6. The first-order valence-electron chi connectivity index (χ1n) is 1.70. The Balaban J connectivity index is 3.94. The summed E-state index contributed by atoms with van der Waals surface area (Å²) in [5, 5.41) is 0. The average Bonchev–Trinajstić information content (AvgIpc) is 1.67. The van der Waals surface area contributed by atoms with Crippen molar-refractivity contribution in [1.29, 1.82) is 0 Å². The molecule has 0 bridgehead atoms. The Morgan fingerprint density at radius 1 is 1.75 bits per heavy atom. The number of halogens is 1. The Hall–Kier alpha value is -0.580. The molecule has 0 aromatic heterocycles. The molecule has 0 saturated carbocycles. The first kappa shape index (κ1) is 7.42. The van der Waals surface area contributed by atoms with E-state index in [0.29, 0.717) is 6.26 Å². The predicted octanol–water partition coefficient (Wildman–Crippen LogP) is 0.403. The molecule has 48 valence electrons. The van der Waals surface area contributed by atoms with Crippen molar-refractivity contribution in [2.24, 2.45) is 0 Å². The topological polar surface area (TPSA) is 43.4 Å². The summed E-state index contributed by atoms with van der Waals surface area (Å²) in [5.74, 6) is 0. The predicted molar refractivity (Wildman–Crippen MR) is 26.2 cm³/mol. The second kappa shape index (κ2) is 2.66. The maximum absolute atomic E-state index is 11.2. The van der Waals surface area contributed by atoms with Crippen LogP contribution in [0, 0.1) is 0 Å². The Morgan fingerprint density at radius 2 is 2.25 bits per heavy atom. The zero-order chi connectivity index (χ0) is 6.62. The summed E-state index contributed by atoms with van der Waals surface area (Å²) in [6, 6.07) is -1.51. The van der Waals surface area contributed by atoms with Gasteiger partial charge in [0.05, 0.1) is 6.26 Å². The third-order valence-electron chi connectivity index (χ3n) is 0.348. The van der Waals surface area contributed by atoms with Crippen LogP contribution in [0.5, 0.6) is 0 Å². The van der Waals surface area contributed by atoms with Gasteiger partial charge in [0, 0.05) is 0 Å². The van der Waals surface area contributed by atoms with Gasteiger partial charge >= 0.3 is 10.1 Å². The van der Waals surface area contributed by atoms with E-state index in [9.17, 15) is 12.8 Å². The average molecular weight is 140 g/mol. The lowest BCUT2D eigenvalue weighted by molar-refractivity contribution is 0.418. The molecule has 0 atom stereocenters. The third kappa shape index (κ3) is 2.57. The lowest BCUT2D eigenvalue weighted by Crippen LogP contribution is -2.01. The van der Waals surface area contributed by atoms with Crippen LogP contribution in [0.25, 0.3) is 0 Å². The van der Waals surface area contributed by atoms with E-state index in [2.05, 4.69) is 10.8 Å². The van der Waals surface area contributed by atoms with Crippen molar-refractivity contribution in [2.45, 2.75) is 0 Å². The van der Waals surface area contributed by atoms with Crippen molar-refractivity contribution in [3.8, 4) is 0 Å². The molecule has 8 heavy (non-hydrogen) atoms. The molecular weight excluding hydrogens is 135 g/mol. The summed E-state index contributed by atoms with van der Waals surface area (Å²) in [6.07, 6.45) is 0.662. The number of hydrogen-bond donors (Lipinski definition) is 0. The molecule has 3 nitrogen and oxygen atoms in total. The van der Waals surface area contributed by atoms with E-state index < -0.39 is 16.1 Å². The molecule has 0 heterocycles. The van der Waals surface area contributed by atoms with Crippen LogP contribution in [-0.4, -0.2) is 14.4 Å². The van der Waals surface area contributed by atoms with Crippen LogP contribution in [0.1, 0.15) is 0 Å². The summed E-state index contributed by atoms with van der Waals surface area (Å²) in [4.78, 5) is 0. The molecule has 0 aromatic carbocycles. The van der Waals surface area contributed by atoms with Gasteiger partial charge in [-0.25, -0.2) is 4.39 Å². The van der Waals surface area contributed by atoms with E-state index in [1.165, 1.54) is 0 Å². The fourth-order valence-corrected chi connectivity index (χ4v) is 0.388. The maximum Gasteiger partial charge on any atom is 0.338 e. The van der Waals surface area contributed by atoms with Gasteiger partial charge in [-0.1, -0.05) is 6.58 Å². The van der Waals surface area contributed by atoms with Crippen LogP contribution in [-0.2, 0) is 14.3 Å². The van der Waals surface area contributed by atoms with Gasteiger partial charge in [-0.15, -0.1) is 0 Å². The molecule has 0 radical (unpaired) electrons. The van der Waals surface area contributed by atoms with E-state index in [4.69, 9.17) is 0 Å². The van der Waals surface area contributed by atoms with Gasteiger partial charge in [-0.2, -0.15) is 8.42 Å². The molecule has 0 unspecified atom stereocenters. The number of hydrogen-bond acceptors (Lipinski definition) is 3. The molecule has 0 rings (SSSR count). The molecule has 0 spiro atoms. The number of alkyl halides is 1. The van der Waals surface area contributed by atoms with Crippen LogP contribution in [0.3, 0.4) is 0 Å². The molecule has 0 N–H and O–H groups in total. The van der Waals surface area contributed by atoms with Crippen LogP contribution in [0.15, 0.2) is 12.8 Å². The van der Waals surface area contributed by atoms with E-state index in [1.807, 2.05) is 0 Å². The van der Waals surface area contributed by atoms with Crippen molar-refractivity contribution in [2.75, 3.05) is 6.01 Å². The Bertz CT molecular complexity index is 159.